The molecule has 0 aliphatic carbocycles. The summed E-state index contributed by atoms with van der Waals surface area (Å²) in [6.45, 7) is 3.49. The van der Waals surface area contributed by atoms with Crippen LogP contribution in [0.5, 0.6) is 11.5 Å². The van der Waals surface area contributed by atoms with Crippen LogP contribution < -0.4 is 19.6 Å². The van der Waals surface area contributed by atoms with Crippen molar-refractivity contribution in [3.05, 3.63) is 73.0 Å². The number of carbonyl (C=O) groups is 1. The summed E-state index contributed by atoms with van der Waals surface area (Å²) in [4.78, 5) is 39.3. The lowest BCUT2D eigenvalue weighted by Gasteiger charge is -2.10. The van der Waals surface area contributed by atoms with Crippen LogP contribution in [0, 0.1) is 10.1 Å². The molecule has 2 heterocycles. The number of benzene rings is 2. The molecular formula is C21H16N4O6S. The van der Waals surface area contributed by atoms with Gasteiger partial charge in [-0.15, -0.1) is 5.10 Å². The predicted octanol–water partition coefficient (Wildman–Crippen LogP) is 2.60. The Morgan fingerprint density at radius 2 is 2.06 bits per heavy atom. The number of nitrogens with zero attached hydrogens (tertiary/aromatic N) is 4. The van der Waals surface area contributed by atoms with Gasteiger partial charge in [0, 0.05) is 24.6 Å². The standard InChI is InChI=1S/C21H16N4O6S/c1-3-30-17-9-13(7-8-16(17)31-12(2)26)10-18-20(27)24-21(32-18)22-19(23-24)14-5-4-6-15(11-14)25(28)29/h4-11H,3H2,1-2H3/b18-10-. The molecule has 0 saturated heterocycles. The number of non-ortho nitro benzene ring substituents is 1. The van der Waals surface area contributed by atoms with E-state index in [0.29, 0.717) is 38.7 Å². The molecule has 0 aliphatic heterocycles. The van der Waals surface area contributed by atoms with Gasteiger partial charge >= 0.3 is 5.97 Å². The first-order valence-corrected chi connectivity index (χ1v) is 10.3. The van der Waals surface area contributed by atoms with Crippen LogP contribution in [-0.4, -0.2) is 32.1 Å². The normalized spacial score (nSPS) is 11.6. The SMILES string of the molecule is CCOc1cc(/C=c2\sc3nc(-c4cccc([N+](=O)[O-])c4)nn3c2=O)ccc1OC(C)=O. The molecule has 0 atom stereocenters. The maximum absolute atomic E-state index is 12.8. The van der Waals surface area contributed by atoms with E-state index in [-0.39, 0.29) is 17.1 Å². The van der Waals surface area contributed by atoms with E-state index in [1.54, 1.807) is 30.3 Å². The Bertz CT molecular complexity index is 1460. The zero-order valence-corrected chi connectivity index (χ0v) is 17.8. The van der Waals surface area contributed by atoms with Gasteiger partial charge in [0.1, 0.15) is 0 Å². The van der Waals surface area contributed by atoms with E-state index in [1.165, 1.54) is 29.6 Å². The molecule has 11 heteroatoms. The molecule has 4 aromatic rings. The van der Waals surface area contributed by atoms with Crippen molar-refractivity contribution in [1.82, 2.24) is 14.6 Å². The lowest BCUT2D eigenvalue weighted by atomic mass is 10.2. The second-order valence-corrected chi connectivity index (χ2v) is 7.59. The Morgan fingerprint density at radius 1 is 1.25 bits per heavy atom. The van der Waals surface area contributed by atoms with Gasteiger partial charge in [0.2, 0.25) is 4.96 Å². The van der Waals surface area contributed by atoms with Gasteiger partial charge in [0.25, 0.3) is 11.2 Å². The minimum absolute atomic E-state index is 0.0840. The zero-order chi connectivity index (χ0) is 22.8. The number of nitro benzene ring substituents is 1. The molecule has 0 aliphatic rings. The summed E-state index contributed by atoms with van der Waals surface area (Å²) in [5.41, 5.74) is 0.669. The van der Waals surface area contributed by atoms with Crippen molar-refractivity contribution in [1.29, 1.82) is 0 Å². The lowest BCUT2D eigenvalue weighted by Crippen LogP contribution is -2.23. The average Bonchev–Trinajstić information content (AvgIpc) is 3.29. The van der Waals surface area contributed by atoms with Crippen LogP contribution in [0.15, 0.2) is 47.3 Å². The molecule has 0 fully saturated rings. The molecule has 0 amide bonds. The van der Waals surface area contributed by atoms with E-state index in [4.69, 9.17) is 9.47 Å². The molecule has 0 N–H and O–H groups in total. The number of hydrogen-bond donors (Lipinski definition) is 0. The molecule has 162 valence electrons. The van der Waals surface area contributed by atoms with Crippen molar-refractivity contribution in [3.63, 3.8) is 0 Å². The number of thiazole rings is 1. The molecule has 0 unspecified atom stereocenters. The number of fused-ring (bicyclic) bond motifs is 1. The molecule has 4 rings (SSSR count). The summed E-state index contributed by atoms with van der Waals surface area (Å²) < 4.78 is 12.2. The molecule has 0 saturated carbocycles. The van der Waals surface area contributed by atoms with Crippen molar-refractivity contribution in [2.24, 2.45) is 0 Å². The third kappa shape index (κ3) is 4.18. The number of carbonyl (C=O) groups excluding carboxylic acids is 1. The van der Waals surface area contributed by atoms with E-state index in [2.05, 4.69) is 10.1 Å². The smallest absolute Gasteiger partial charge is 0.308 e. The van der Waals surface area contributed by atoms with Crippen molar-refractivity contribution < 1.29 is 19.2 Å². The quantitative estimate of drug-likeness (QED) is 0.189. The van der Waals surface area contributed by atoms with E-state index >= 15 is 0 Å². The van der Waals surface area contributed by atoms with Crippen LogP contribution in [-0.2, 0) is 4.79 Å². The maximum Gasteiger partial charge on any atom is 0.308 e. The third-order valence-corrected chi connectivity index (χ3v) is 5.28. The van der Waals surface area contributed by atoms with Crippen LogP contribution in [0.2, 0.25) is 0 Å². The van der Waals surface area contributed by atoms with E-state index in [1.807, 2.05) is 6.92 Å². The van der Waals surface area contributed by atoms with Crippen LogP contribution >= 0.6 is 11.3 Å². The highest BCUT2D eigenvalue weighted by Gasteiger charge is 2.15. The largest absolute Gasteiger partial charge is 0.490 e. The van der Waals surface area contributed by atoms with Gasteiger partial charge < -0.3 is 9.47 Å². The second-order valence-electron chi connectivity index (χ2n) is 6.59. The van der Waals surface area contributed by atoms with Crippen molar-refractivity contribution in [3.8, 4) is 22.9 Å². The van der Waals surface area contributed by atoms with Gasteiger partial charge in [-0.05, 0) is 30.7 Å². The predicted molar refractivity (Wildman–Crippen MR) is 117 cm³/mol. The zero-order valence-electron chi connectivity index (χ0n) is 17.0. The van der Waals surface area contributed by atoms with E-state index in [9.17, 15) is 19.7 Å². The van der Waals surface area contributed by atoms with Gasteiger partial charge in [-0.3, -0.25) is 19.7 Å². The fraction of sp³-hybridized carbons (Fsp3) is 0.143. The Balaban J connectivity index is 1.72. The van der Waals surface area contributed by atoms with Crippen molar-refractivity contribution in [2.45, 2.75) is 13.8 Å². The molecule has 0 spiro atoms. The van der Waals surface area contributed by atoms with Crippen LogP contribution in [0.4, 0.5) is 5.69 Å². The van der Waals surface area contributed by atoms with E-state index in [0.717, 1.165) is 11.3 Å². The molecule has 32 heavy (non-hydrogen) atoms. The summed E-state index contributed by atoms with van der Waals surface area (Å²) in [5, 5.41) is 15.2. The lowest BCUT2D eigenvalue weighted by molar-refractivity contribution is -0.384. The molecule has 2 aromatic heterocycles. The first-order valence-electron chi connectivity index (χ1n) is 9.47. The number of esters is 1. The summed E-state index contributed by atoms with van der Waals surface area (Å²) in [5.74, 6) is 0.446. The summed E-state index contributed by atoms with van der Waals surface area (Å²) in [7, 11) is 0. The Kier molecular flexibility index (Phi) is 5.65. The van der Waals surface area contributed by atoms with E-state index < -0.39 is 10.9 Å². The highest BCUT2D eigenvalue weighted by molar-refractivity contribution is 7.15. The Hall–Kier alpha value is -4.12. The van der Waals surface area contributed by atoms with Gasteiger partial charge in [-0.25, -0.2) is 0 Å². The third-order valence-electron chi connectivity index (χ3n) is 4.32. The highest BCUT2D eigenvalue weighted by Crippen LogP contribution is 2.29. The minimum atomic E-state index is -0.503. The molecule has 2 aromatic carbocycles. The Labute approximate surface area is 184 Å². The topological polar surface area (TPSA) is 126 Å². The maximum atomic E-state index is 12.8. The molecule has 0 radical (unpaired) electrons. The fourth-order valence-corrected chi connectivity index (χ4v) is 3.90. The van der Waals surface area contributed by atoms with Crippen LogP contribution in [0.1, 0.15) is 19.4 Å². The van der Waals surface area contributed by atoms with Gasteiger partial charge in [-0.2, -0.15) is 9.50 Å². The monoisotopic (exact) mass is 452 g/mol. The summed E-state index contributed by atoms with van der Waals surface area (Å²) in [6, 6.07) is 10.9. The van der Waals surface area contributed by atoms with Crippen molar-refractivity contribution >= 4 is 34.0 Å². The average molecular weight is 452 g/mol. The number of hydrogen-bond acceptors (Lipinski definition) is 9. The first kappa shape index (κ1) is 21.1. The summed E-state index contributed by atoms with van der Waals surface area (Å²) >= 11 is 1.14. The molecule has 10 nitrogen and oxygen atoms in total. The van der Waals surface area contributed by atoms with Crippen LogP contribution in [0.3, 0.4) is 0 Å². The van der Waals surface area contributed by atoms with Gasteiger partial charge in [0.05, 0.1) is 16.1 Å². The first-order chi connectivity index (χ1) is 15.4. The molecule has 0 bridgehead atoms. The number of rotatable bonds is 6. The van der Waals surface area contributed by atoms with Crippen molar-refractivity contribution in [2.75, 3.05) is 6.61 Å². The van der Waals surface area contributed by atoms with Gasteiger partial charge in [0.15, 0.2) is 17.3 Å². The number of ether oxygens (including phenoxy) is 2. The van der Waals surface area contributed by atoms with Crippen LogP contribution in [0.25, 0.3) is 22.4 Å². The number of nitro groups is 1. The minimum Gasteiger partial charge on any atom is -0.490 e. The fourth-order valence-electron chi connectivity index (χ4n) is 2.99. The van der Waals surface area contributed by atoms with Gasteiger partial charge in [-0.1, -0.05) is 29.5 Å². The molecular weight excluding hydrogens is 436 g/mol. The second kappa shape index (κ2) is 8.55. The summed E-state index contributed by atoms with van der Waals surface area (Å²) in [6.07, 6.45) is 1.66. The number of aromatic nitrogens is 3. The highest BCUT2D eigenvalue weighted by atomic mass is 32.1. The Morgan fingerprint density at radius 3 is 2.75 bits per heavy atom.